The van der Waals surface area contributed by atoms with Gasteiger partial charge < -0.3 is 15.2 Å². The van der Waals surface area contributed by atoms with Crippen molar-refractivity contribution >= 4 is 5.91 Å². The molecule has 1 heterocycles. The van der Waals surface area contributed by atoms with E-state index in [0.717, 1.165) is 22.6 Å². The van der Waals surface area contributed by atoms with Crippen LogP contribution in [0.1, 0.15) is 36.8 Å². The molecular formula is C19H24N2O3. The van der Waals surface area contributed by atoms with Crippen molar-refractivity contribution in [2.45, 2.75) is 39.4 Å². The van der Waals surface area contributed by atoms with E-state index in [1.807, 2.05) is 45.0 Å². The van der Waals surface area contributed by atoms with Crippen LogP contribution in [0.3, 0.4) is 0 Å². The van der Waals surface area contributed by atoms with Crippen LogP contribution in [0.4, 0.5) is 0 Å². The summed E-state index contributed by atoms with van der Waals surface area (Å²) in [6.07, 6.45) is 1.30. The topological polar surface area (TPSA) is 71.5 Å². The molecule has 24 heavy (non-hydrogen) atoms. The summed E-state index contributed by atoms with van der Waals surface area (Å²) in [6.45, 7) is 5.99. The first kappa shape index (κ1) is 17.9. The molecule has 1 aromatic carbocycles. The average Bonchev–Trinajstić information content (AvgIpc) is 2.55. The lowest BCUT2D eigenvalue weighted by Crippen LogP contribution is -2.29. The molecule has 128 valence electrons. The molecule has 1 aromatic heterocycles. The van der Waals surface area contributed by atoms with E-state index in [1.54, 1.807) is 18.3 Å². The van der Waals surface area contributed by atoms with Gasteiger partial charge in [-0.1, -0.05) is 18.2 Å². The van der Waals surface area contributed by atoms with Crippen molar-refractivity contribution in [3.8, 4) is 5.75 Å². The van der Waals surface area contributed by atoms with Gasteiger partial charge in [0.1, 0.15) is 5.75 Å². The van der Waals surface area contributed by atoms with Gasteiger partial charge in [0.15, 0.2) is 0 Å². The Morgan fingerprint density at radius 3 is 2.50 bits per heavy atom. The summed E-state index contributed by atoms with van der Waals surface area (Å²) in [5.41, 5.74) is 2.51. The first-order valence-electron chi connectivity index (χ1n) is 8.07. The average molecular weight is 328 g/mol. The van der Waals surface area contributed by atoms with Crippen LogP contribution >= 0.6 is 0 Å². The highest BCUT2D eigenvalue weighted by atomic mass is 16.5. The lowest BCUT2D eigenvalue weighted by molar-refractivity contribution is -0.120. The molecule has 0 spiro atoms. The van der Waals surface area contributed by atoms with E-state index in [4.69, 9.17) is 4.74 Å². The number of carbonyl (C=O) groups excluding carboxylic acids is 1. The number of hydrogen-bond donors (Lipinski definition) is 2. The number of nitrogens with zero attached hydrogens (tertiary/aromatic N) is 1. The minimum atomic E-state index is -0.752. The van der Waals surface area contributed by atoms with E-state index < -0.39 is 6.10 Å². The van der Waals surface area contributed by atoms with Crippen molar-refractivity contribution < 1.29 is 14.6 Å². The Morgan fingerprint density at radius 2 is 1.92 bits per heavy atom. The molecule has 2 rings (SSSR count). The number of pyridine rings is 1. The van der Waals surface area contributed by atoms with Gasteiger partial charge in [-0.15, -0.1) is 0 Å². The Hall–Kier alpha value is -2.40. The molecule has 1 amide bonds. The number of ether oxygens (including phenoxy) is 1. The number of benzene rings is 1. The normalized spacial score (nSPS) is 12.0. The predicted molar refractivity (Wildman–Crippen MR) is 92.9 cm³/mol. The van der Waals surface area contributed by atoms with E-state index >= 15 is 0 Å². The van der Waals surface area contributed by atoms with Gasteiger partial charge in [-0.25, -0.2) is 0 Å². The van der Waals surface area contributed by atoms with Gasteiger partial charge in [0.25, 0.3) is 0 Å². The standard InChI is InChI=1S/C19H24N2O3/c1-13(2)24-17-8-6-16(7-9-17)18(22)12-21-19(23)10-15-5-4-14(3)20-11-15/h4-9,11,13,18,22H,10,12H2,1-3H3,(H,21,23). The third-order valence-corrected chi connectivity index (χ3v) is 3.47. The molecule has 5 nitrogen and oxygen atoms in total. The van der Waals surface area contributed by atoms with Crippen LogP contribution in [0.2, 0.25) is 0 Å². The first-order chi connectivity index (χ1) is 11.4. The molecule has 0 saturated heterocycles. The largest absolute Gasteiger partial charge is 0.491 e. The zero-order chi connectivity index (χ0) is 17.5. The van der Waals surface area contributed by atoms with Crippen LogP contribution in [0, 0.1) is 6.92 Å². The van der Waals surface area contributed by atoms with Crippen molar-refractivity contribution in [3.63, 3.8) is 0 Å². The Balaban J connectivity index is 1.82. The van der Waals surface area contributed by atoms with Gasteiger partial charge in [0.2, 0.25) is 5.91 Å². The number of carbonyl (C=O) groups is 1. The molecule has 0 fully saturated rings. The summed E-state index contributed by atoms with van der Waals surface area (Å²) < 4.78 is 5.56. The molecule has 2 aromatic rings. The van der Waals surface area contributed by atoms with Gasteiger partial charge in [0.05, 0.1) is 18.6 Å². The molecule has 0 bridgehead atoms. The number of rotatable bonds is 7. The van der Waals surface area contributed by atoms with Crippen LogP contribution in [0.25, 0.3) is 0 Å². The van der Waals surface area contributed by atoms with E-state index in [1.165, 1.54) is 0 Å². The number of aromatic nitrogens is 1. The van der Waals surface area contributed by atoms with Crippen LogP contribution < -0.4 is 10.1 Å². The van der Waals surface area contributed by atoms with E-state index in [0.29, 0.717) is 0 Å². The highest BCUT2D eigenvalue weighted by molar-refractivity contribution is 5.78. The van der Waals surface area contributed by atoms with Crippen LogP contribution in [-0.4, -0.2) is 28.6 Å². The molecule has 5 heteroatoms. The quantitative estimate of drug-likeness (QED) is 0.819. The Morgan fingerprint density at radius 1 is 1.21 bits per heavy atom. The minimum absolute atomic E-state index is 0.108. The third-order valence-electron chi connectivity index (χ3n) is 3.47. The summed E-state index contributed by atoms with van der Waals surface area (Å²) in [4.78, 5) is 16.1. The summed E-state index contributed by atoms with van der Waals surface area (Å²) in [7, 11) is 0. The Bertz CT molecular complexity index is 651. The maximum Gasteiger partial charge on any atom is 0.224 e. The van der Waals surface area contributed by atoms with Gasteiger partial charge in [-0.2, -0.15) is 0 Å². The minimum Gasteiger partial charge on any atom is -0.491 e. The summed E-state index contributed by atoms with van der Waals surface area (Å²) in [5, 5.41) is 12.9. The molecule has 0 aliphatic rings. The molecular weight excluding hydrogens is 304 g/mol. The summed E-state index contributed by atoms with van der Waals surface area (Å²) >= 11 is 0. The monoisotopic (exact) mass is 328 g/mol. The summed E-state index contributed by atoms with van der Waals surface area (Å²) in [6, 6.07) is 11.0. The second-order valence-corrected chi connectivity index (χ2v) is 6.04. The molecule has 1 atom stereocenters. The lowest BCUT2D eigenvalue weighted by atomic mass is 10.1. The number of aryl methyl sites for hydroxylation is 1. The van der Waals surface area contributed by atoms with Gasteiger partial charge >= 0.3 is 0 Å². The van der Waals surface area contributed by atoms with Gasteiger partial charge in [0, 0.05) is 18.4 Å². The maximum absolute atomic E-state index is 11.9. The fourth-order valence-electron chi connectivity index (χ4n) is 2.22. The van der Waals surface area contributed by atoms with Crippen molar-refractivity contribution in [3.05, 3.63) is 59.4 Å². The number of aliphatic hydroxyl groups excluding tert-OH is 1. The Kier molecular flexibility index (Phi) is 6.32. The predicted octanol–water partition coefficient (Wildman–Crippen LogP) is 2.57. The number of hydrogen-bond acceptors (Lipinski definition) is 4. The number of aliphatic hydroxyl groups is 1. The van der Waals surface area contributed by atoms with E-state index in [-0.39, 0.29) is 25.0 Å². The zero-order valence-corrected chi connectivity index (χ0v) is 14.3. The van der Waals surface area contributed by atoms with Crippen LogP contribution in [0.5, 0.6) is 5.75 Å². The molecule has 0 aliphatic carbocycles. The molecule has 2 N–H and O–H groups in total. The highest BCUT2D eigenvalue weighted by Crippen LogP contribution is 2.18. The summed E-state index contributed by atoms with van der Waals surface area (Å²) in [5.74, 6) is 0.622. The second kappa shape index (κ2) is 8.45. The van der Waals surface area contributed by atoms with Crippen LogP contribution in [-0.2, 0) is 11.2 Å². The van der Waals surface area contributed by atoms with E-state index in [2.05, 4.69) is 10.3 Å². The number of amides is 1. The van der Waals surface area contributed by atoms with Crippen molar-refractivity contribution in [1.82, 2.24) is 10.3 Å². The fourth-order valence-corrected chi connectivity index (χ4v) is 2.22. The van der Waals surface area contributed by atoms with Crippen molar-refractivity contribution in [2.75, 3.05) is 6.54 Å². The van der Waals surface area contributed by atoms with Gasteiger partial charge in [-0.3, -0.25) is 9.78 Å². The molecule has 0 aliphatic heterocycles. The van der Waals surface area contributed by atoms with Gasteiger partial charge in [-0.05, 0) is 50.1 Å². The van der Waals surface area contributed by atoms with Crippen molar-refractivity contribution in [2.24, 2.45) is 0 Å². The maximum atomic E-state index is 11.9. The molecule has 0 radical (unpaired) electrons. The fraction of sp³-hybridized carbons (Fsp3) is 0.368. The smallest absolute Gasteiger partial charge is 0.224 e. The molecule has 0 saturated carbocycles. The first-order valence-corrected chi connectivity index (χ1v) is 8.07. The Labute approximate surface area is 142 Å². The van der Waals surface area contributed by atoms with E-state index in [9.17, 15) is 9.90 Å². The number of nitrogens with one attached hydrogen (secondary N) is 1. The second-order valence-electron chi connectivity index (χ2n) is 6.04. The van der Waals surface area contributed by atoms with Crippen LogP contribution in [0.15, 0.2) is 42.6 Å². The SMILES string of the molecule is Cc1ccc(CC(=O)NCC(O)c2ccc(OC(C)C)cc2)cn1. The zero-order valence-electron chi connectivity index (χ0n) is 14.3. The highest BCUT2D eigenvalue weighted by Gasteiger charge is 2.10. The van der Waals surface area contributed by atoms with Crippen molar-refractivity contribution in [1.29, 1.82) is 0 Å². The third kappa shape index (κ3) is 5.66. The lowest BCUT2D eigenvalue weighted by Gasteiger charge is -2.14. The molecule has 1 unspecified atom stereocenters.